The number of hydrogen-bond donors (Lipinski definition) is 2. The van der Waals surface area contributed by atoms with E-state index in [1.165, 1.54) is 0 Å². The summed E-state index contributed by atoms with van der Waals surface area (Å²) in [6, 6.07) is 16.9. The van der Waals surface area contributed by atoms with E-state index in [1.807, 2.05) is 53.6 Å². The number of rotatable bonds is 4. The van der Waals surface area contributed by atoms with Crippen LogP contribution < -0.4 is 5.32 Å². The van der Waals surface area contributed by atoms with E-state index in [0.717, 1.165) is 35.9 Å². The number of carbonyl (C=O) groups is 2. The second-order valence-electron chi connectivity index (χ2n) is 7.67. The fraction of sp³-hybridized carbons (Fsp3) is 0.250. The Labute approximate surface area is 170 Å². The molecule has 29 heavy (non-hydrogen) atoms. The maximum Gasteiger partial charge on any atom is 0.270 e. The van der Waals surface area contributed by atoms with Gasteiger partial charge in [-0.3, -0.25) is 9.59 Å². The van der Waals surface area contributed by atoms with E-state index in [9.17, 15) is 9.59 Å². The number of carbonyl (C=O) groups excluding carboxylic acids is 2. The normalized spacial score (nSPS) is 17.3. The molecule has 148 valence electrons. The summed E-state index contributed by atoms with van der Waals surface area (Å²) >= 11 is 0. The van der Waals surface area contributed by atoms with E-state index in [2.05, 4.69) is 17.2 Å². The minimum atomic E-state index is -0.282. The van der Waals surface area contributed by atoms with E-state index >= 15 is 0 Å². The van der Waals surface area contributed by atoms with Gasteiger partial charge in [0.05, 0.1) is 0 Å². The van der Waals surface area contributed by atoms with E-state index in [0.29, 0.717) is 23.7 Å². The molecule has 0 aliphatic carbocycles. The summed E-state index contributed by atoms with van der Waals surface area (Å²) in [5.74, 6) is 0.0491. The zero-order valence-electron chi connectivity index (χ0n) is 16.5. The predicted octanol–water partition coefficient (Wildman–Crippen LogP) is 4.20. The van der Waals surface area contributed by atoms with Crippen molar-refractivity contribution in [1.29, 1.82) is 0 Å². The van der Waals surface area contributed by atoms with Gasteiger partial charge in [-0.15, -0.1) is 0 Å². The maximum absolute atomic E-state index is 13.3. The van der Waals surface area contributed by atoms with E-state index in [4.69, 9.17) is 0 Å². The molecule has 0 bridgehead atoms. The van der Waals surface area contributed by atoms with Crippen molar-refractivity contribution in [2.24, 2.45) is 5.92 Å². The Balaban J connectivity index is 1.68. The van der Waals surface area contributed by atoms with Crippen LogP contribution in [0.15, 0.2) is 66.5 Å². The molecule has 1 aliphatic rings. The molecule has 2 heterocycles. The lowest BCUT2D eigenvalue weighted by atomic mass is 10.00. The molecule has 1 unspecified atom stereocenters. The van der Waals surface area contributed by atoms with Crippen LogP contribution in [0.4, 0.5) is 0 Å². The number of benzene rings is 2. The number of aromatic nitrogens is 1. The molecular formula is C24H25N3O2. The quantitative estimate of drug-likeness (QED) is 0.659. The molecule has 0 spiro atoms. The van der Waals surface area contributed by atoms with Crippen molar-refractivity contribution < 1.29 is 9.59 Å². The number of hydrogen-bond acceptors (Lipinski definition) is 2. The summed E-state index contributed by atoms with van der Waals surface area (Å²) in [5, 5.41) is 3.88. The molecule has 2 amide bonds. The number of likely N-dealkylation sites (tertiary alicyclic amines) is 1. The molecule has 1 fully saturated rings. The number of para-hydroxylation sites is 1. The minimum Gasteiger partial charge on any atom is -0.361 e. The largest absolute Gasteiger partial charge is 0.361 e. The van der Waals surface area contributed by atoms with Gasteiger partial charge in [0.1, 0.15) is 5.70 Å². The highest BCUT2D eigenvalue weighted by Crippen LogP contribution is 2.22. The maximum atomic E-state index is 13.3. The molecule has 0 radical (unpaired) electrons. The average Bonchev–Trinajstić information content (AvgIpc) is 3.16. The first-order chi connectivity index (χ1) is 14.1. The van der Waals surface area contributed by atoms with Crippen molar-refractivity contribution in [2.75, 3.05) is 13.1 Å². The lowest BCUT2D eigenvalue weighted by molar-refractivity contribution is -0.129. The first-order valence-corrected chi connectivity index (χ1v) is 10.1. The SMILES string of the molecule is CC1CCCN(C(=O)C(=Cc2c[nH]c3ccccc23)NC(=O)c2ccccc2)C1. The van der Waals surface area contributed by atoms with Crippen molar-refractivity contribution in [1.82, 2.24) is 15.2 Å². The van der Waals surface area contributed by atoms with E-state index in [-0.39, 0.29) is 11.8 Å². The summed E-state index contributed by atoms with van der Waals surface area (Å²) in [7, 11) is 0. The van der Waals surface area contributed by atoms with Crippen LogP contribution in [0.5, 0.6) is 0 Å². The molecule has 4 rings (SSSR count). The second-order valence-corrected chi connectivity index (χ2v) is 7.67. The highest BCUT2D eigenvalue weighted by atomic mass is 16.2. The molecule has 2 aromatic carbocycles. The summed E-state index contributed by atoms with van der Waals surface area (Å²) in [5.41, 5.74) is 2.70. The molecule has 0 saturated carbocycles. The zero-order valence-corrected chi connectivity index (χ0v) is 16.5. The van der Waals surface area contributed by atoms with Gasteiger partial charge in [0, 0.05) is 41.3 Å². The van der Waals surface area contributed by atoms with Crippen LogP contribution >= 0.6 is 0 Å². The number of aromatic amines is 1. The van der Waals surface area contributed by atoms with Crippen molar-refractivity contribution in [3.63, 3.8) is 0 Å². The van der Waals surface area contributed by atoms with Gasteiger partial charge < -0.3 is 15.2 Å². The summed E-state index contributed by atoms with van der Waals surface area (Å²) in [6.07, 6.45) is 5.76. The molecule has 1 aromatic heterocycles. The highest BCUT2D eigenvalue weighted by molar-refractivity contribution is 6.06. The van der Waals surface area contributed by atoms with Crippen LogP contribution in [0.2, 0.25) is 0 Å². The van der Waals surface area contributed by atoms with Crippen LogP contribution in [0.3, 0.4) is 0 Å². The molecule has 1 aliphatic heterocycles. The van der Waals surface area contributed by atoms with Crippen molar-refractivity contribution in [2.45, 2.75) is 19.8 Å². The number of amides is 2. The average molecular weight is 387 g/mol. The third-order valence-electron chi connectivity index (χ3n) is 5.38. The molecule has 5 nitrogen and oxygen atoms in total. The summed E-state index contributed by atoms with van der Waals surface area (Å²) in [4.78, 5) is 31.1. The third-order valence-corrected chi connectivity index (χ3v) is 5.38. The monoisotopic (exact) mass is 387 g/mol. The zero-order chi connectivity index (χ0) is 20.2. The van der Waals surface area contributed by atoms with Gasteiger partial charge in [0.25, 0.3) is 11.8 Å². The van der Waals surface area contributed by atoms with Gasteiger partial charge in [-0.2, -0.15) is 0 Å². The fourth-order valence-electron chi connectivity index (χ4n) is 3.85. The number of fused-ring (bicyclic) bond motifs is 1. The number of nitrogens with zero attached hydrogens (tertiary/aromatic N) is 1. The van der Waals surface area contributed by atoms with Crippen molar-refractivity contribution >= 4 is 28.8 Å². The van der Waals surface area contributed by atoms with Crippen LogP contribution in [0.25, 0.3) is 17.0 Å². The first-order valence-electron chi connectivity index (χ1n) is 10.1. The van der Waals surface area contributed by atoms with Crippen molar-refractivity contribution in [3.05, 3.63) is 77.6 Å². The smallest absolute Gasteiger partial charge is 0.270 e. The number of nitrogens with one attached hydrogen (secondary N) is 2. The predicted molar refractivity (Wildman–Crippen MR) is 115 cm³/mol. The molecular weight excluding hydrogens is 362 g/mol. The third kappa shape index (κ3) is 4.24. The molecule has 3 aromatic rings. The standard InChI is InChI=1S/C24H25N3O2/c1-17-8-7-13-27(16-17)24(29)22(26-23(28)18-9-3-2-4-10-18)14-19-15-25-21-12-6-5-11-20(19)21/h2-6,9-12,14-15,17,25H,7-8,13,16H2,1H3,(H,26,28). The molecule has 1 atom stereocenters. The van der Waals surface area contributed by atoms with Gasteiger partial charge in [-0.1, -0.05) is 43.3 Å². The lowest BCUT2D eigenvalue weighted by Crippen LogP contribution is -2.43. The summed E-state index contributed by atoms with van der Waals surface area (Å²) < 4.78 is 0. The Morgan fingerprint density at radius 1 is 1.10 bits per heavy atom. The minimum absolute atomic E-state index is 0.133. The van der Waals surface area contributed by atoms with Gasteiger partial charge in [-0.25, -0.2) is 0 Å². The topological polar surface area (TPSA) is 65.2 Å². The van der Waals surface area contributed by atoms with Crippen LogP contribution in [-0.4, -0.2) is 34.8 Å². The van der Waals surface area contributed by atoms with Crippen LogP contribution in [-0.2, 0) is 4.79 Å². The Morgan fingerprint density at radius 2 is 1.86 bits per heavy atom. The second kappa shape index (κ2) is 8.35. The van der Waals surface area contributed by atoms with Gasteiger partial charge in [0.15, 0.2) is 0 Å². The number of H-pyrrole nitrogens is 1. The molecule has 1 saturated heterocycles. The Morgan fingerprint density at radius 3 is 2.66 bits per heavy atom. The number of piperidine rings is 1. The molecule has 5 heteroatoms. The van der Waals surface area contributed by atoms with Crippen molar-refractivity contribution in [3.8, 4) is 0 Å². The Hall–Kier alpha value is -3.34. The highest BCUT2D eigenvalue weighted by Gasteiger charge is 2.25. The Kier molecular flexibility index (Phi) is 5.47. The summed E-state index contributed by atoms with van der Waals surface area (Å²) in [6.45, 7) is 3.59. The van der Waals surface area contributed by atoms with E-state index in [1.54, 1.807) is 18.2 Å². The van der Waals surface area contributed by atoms with Gasteiger partial charge in [-0.05, 0) is 43.0 Å². The van der Waals surface area contributed by atoms with Gasteiger partial charge in [0.2, 0.25) is 0 Å². The molecule has 2 N–H and O–H groups in total. The fourth-order valence-corrected chi connectivity index (χ4v) is 3.85. The first kappa shape index (κ1) is 19.0. The van der Waals surface area contributed by atoms with Gasteiger partial charge >= 0.3 is 0 Å². The van der Waals surface area contributed by atoms with Crippen LogP contribution in [0.1, 0.15) is 35.7 Å². The van der Waals surface area contributed by atoms with E-state index < -0.39 is 0 Å². The lowest BCUT2D eigenvalue weighted by Gasteiger charge is -2.31. The van der Waals surface area contributed by atoms with Crippen LogP contribution in [0, 0.1) is 5.92 Å². The Bertz CT molecular complexity index is 1050.